The summed E-state index contributed by atoms with van der Waals surface area (Å²) in [6.07, 6.45) is 13.1. The van der Waals surface area contributed by atoms with Gasteiger partial charge in [-0.15, -0.1) is 0 Å². The molecule has 1 unspecified atom stereocenters. The molecule has 5 aliphatic carbocycles. The molecule has 0 saturated heterocycles. The molecule has 1 aromatic heterocycles. The molecule has 4 bridgehead atoms. The van der Waals surface area contributed by atoms with Gasteiger partial charge < -0.3 is 25.8 Å². The van der Waals surface area contributed by atoms with Gasteiger partial charge >= 0.3 is 0 Å². The average Bonchev–Trinajstić information content (AvgIpc) is 2.98. The maximum Gasteiger partial charge on any atom is 0.224 e. The van der Waals surface area contributed by atoms with Gasteiger partial charge in [0.1, 0.15) is 17.5 Å². The molecule has 9 heteroatoms. The molecule has 0 aliphatic heterocycles. The Labute approximate surface area is 248 Å². The van der Waals surface area contributed by atoms with Crippen LogP contribution in [0.2, 0.25) is 5.02 Å². The van der Waals surface area contributed by atoms with E-state index in [0.717, 1.165) is 55.2 Å². The van der Waals surface area contributed by atoms with Crippen LogP contribution in [-0.4, -0.2) is 53.5 Å². The molecule has 5 saturated carbocycles. The van der Waals surface area contributed by atoms with Gasteiger partial charge in [0.05, 0.1) is 25.5 Å². The van der Waals surface area contributed by atoms with Gasteiger partial charge in [-0.3, -0.25) is 0 Å². The van der Waals surface area contributed by atoms with Gasteiger partial charge in [0, 0.05) is 24.2 Å². The van der Waals surface area contributed by atoms with Gasteiger partial charge in [0.2, 0.25) is 5.95 Å². The first-order valence-corrected chi connectivity index (χ1v) is 15.9. The van der Waals surface area contributed by atoms with Crippen LogP contribution in [0.5, 0.6) is 0 Å². The third-order valence-corrected chi connectivity index (χ3v) is 10.6. The van der Waals surface area contributed by atoms with Gasteiger partial charge in [0.25, 0.3) is 0 Å². The Bertz CT molecular complexity index is 1210. The van der Waals surface area contributed by atoms with Crippen molar-refractivity contribution in [3.8, 4) is 6.07 Å². The number of hydrogen-bond acceptors (Lipinski definition) is 8. The molecular formula is C32H43ClN6O2. The van der Waals surface area contributed by atoms with Crippen molar-refractivity contribution in [3.63, 3.8) is 0 Å². The van der Waals surface area contributed by atoms with Crippen molar-refractivity contribution < 1.29 is 9.84 Å². The molecule has 0 amide bonds. The van der Waals surface area contributed by atoms with Crippen LogP contribution in [0.1, 0.15) is 68.9 Å². The van der Waals surface area contributed by atoms with Gasteiger partial charge in [-0.1, -0.05) is 29.8 Å². The van der Waals surface area contributed by atoms with Crippen molar-refractivity contribution in [2.45, 2.75) is 76.5 Å². The van der Waals surface area contributed by atoms with Crippen LogP contribution < -0.4 is 16.0 Å². The number of halogens is 1. The highest BCUT2D eigenvalue weighted by Crippen LogP contribution is 2.60. The highest BCUT2D eigenvalue weighted by molar-refractivity contribution is 6.31. The molecule has 1 aromatic carbocycles. The molecule has 0 radical (unpaired) electrons. The summed E-state index contributed by atoms with van der Waals surface area (Å²) in [5, 5.41) is 30.4. The maximum atomic E-state index is 9.74. The molecule has 220 valence electrons. The second-order valence-corrected chi connectivity index (χ2v) is 13.4. The van der Waals surface area contributed by atoms with E-state index in [0.29, 0.717) is 47.6 Å². The summed E-state index contributed by atoms with van der Waals surface area (Å²) in [4.78, 5) is 9.05. The number of aliphatic hydroxyl groups excluding tert-OH is 1. The monoisotopic (exact) mass is 578 g/mol. The summed E-state index contributed by atoms with van der Waals surface area (Å²) >= 11 is 6.31. The van der Waals surface area contributed by atoms with E-state index in [1.54, 1.807) is 6.20 Å². The fourth-order valence-electron chi connectivity index (χ4n) is 8.54. The first-order valence-electron chi connectivity index (χ1n) is 15.5. The summed E-state index contributed by atoms with van der Waals surface area (Å²) < 4.78 is 5.76. The molecule has 2 aromatic rings. The Balaban J connectivity index is 1.04. The largest absolute Gasteiger partial charge is 0.394 e. The predicted molar refractivity (Wildman–Crippen MR) is 161 cm³/mol. The van der Waals surface area contributed by atoms with E-state index >= 15 is 0 Å². The second-order valence-electron chi connectivity index (χ2n) is 13.0. The quantitative estimate of drug-likeness (QED) is 0.265. The number of benzene rings is 1. The molecule has 7 rings (SSSR count). The summed E-state index contributed by atoms with van der Waals surface area (Å²) in [5.74, 6) is 4.14. The standard InChI is InChI=1S/C32H43ClN6O2/c33-28-4-2-1-3-23(28)18-36-31-37-19-26(16-34)30(39-31)38-20-32-13-22-11-24(14-32)29(25(12-22)15-32)35-17-21-5-7-27(8-6-21)41-10-9-40/h1-4,19,21-22,24-25,27,29,35,40H,5-15,17-18,20H2,(H2,36,37,38,39)/t21-,22?,24-,25+,27-,29-,32-. The maximum absolute atomic E-state index is 9.74. The van der Waals surface area contributed by atoms with E-state index in [1.165, 1.54) is 44.9 Å². The Kier molecular flexibility index (Phi) is 8.97. The van der Waals surface area contributed by atoms with Gasteiger partial charge in [-0.05, 0) is 105 Å². The molecule has 8 nitrogen and oxygen atoms in total. The number of hydrogen-bond donors (Lipinski definition) is 4. The molecule has 41 heavy (non-hydrogen) atoms. The summed E-state index contributed by atoms with van der Waals surface area (Å²) in [7, 11) is 0. The van der Waals surface area contributed by atoms with Crippen LogP contribution >= 0.6 is 11.6 Å². The highest BCUT2D eigenvalue weighted by Gasteiger charge is 2.55. The number of nitriles is 1. The van der Waals surface area contributed by atoms with E-state index < -0.39 is 0 Å². The van der Waals surface area contributed by atoms with Crippen LogP contribution in [0, 0.1) is 40.4 Å². The van der Waals surface area contributed by atoms with Gasteiger partial charge in [0.15, 0.2) is 0 Å². The fraction of sp³-hybridized carbons (Fsp3) is 0.656. The van der Waals surface area contributed by atoms with Gasteiger partial charge in [-0.25, -0.2) is 4.98 Å². The number of anilines is 2. The zero-order chi connectivity index (χ0) is 28.2. The minimum absolute atomic E-state index is 0.116. The Morgan fingerprint density at radius 2 is 1.85 bits per heavy atom. The molecule has 0 spiro atoms. The molecule has 4 N–H and O–H groups in total. The SMILES string of the molecule is N#Cc1cnc(NCc2ccccc2Cl)nc1NC[C@]12CC3C[C@H](C1)[C@@H](NC[C@H]1CC[C@H](OCCO)CC1)[C@@H](C3)C2. The van der Waals surface area contributed by atoms with E-state index in [1.807, 2.05) is 24.3 Å². The van der Waals surface area contributed by atoms with Crippen LogP contribution in [0.15, 0.2) is 30.5 Å². The fourth-order valence-corrected chi connectivity index (χ4v) is 8.74. The lowest BCUT2D eigenvalue weighted by Gasteiger charge is -2.60. The van der Waals surface area contributed by atoms with Crippen LogP contribution in [-0.2, 0) is 11.3 Å². The number of nitrogens with zero attached hydrogens (tertiary/aromatic N) is 3. The molecular weight excluding hydrogens is 536 g/mol. The summed E-state index contributed by atoms with van der Waals surface area (Å²) in [6, 6.07) is 10.6. The minimum atomic E-state index is 0.116. The van der Waals surface area contributed by atoms with Crippen molar-refractivity contribution in [2.24, 2.45) is 29.1 Å². The first-order chi connectivity index (χ1) is 20.0. The highest BCUT2D eigenvalue weighted by atomic mass is 35.5. The molecule has 5 atom stereocenters. The van der Waals surface area contributed by atoms with Crippen LogP contribution in [0.3, 0.4) is 0 Å². The van der Waals surface area contributed by atoms with Crippen molar-refractivity contribution in [1.82, 2.24) is 15.3 Å². The zero-order valence-corrected chi connectivity index (χ0v) is 24.6. The van der Waals surface area contributed by atoms with Crippen molar-refractivity contribution >= 4 is 23.4 Å². The van der Waals surface area contributed by atoms with Crippen molar-refractivity contribution in [1.29, 1.82) is 5.26 Å². The van der Waals surface area contributed by atoms with E-state index in [9.17, 15) is 5.26 Å². The molecule has 5 fully saturated rings. The molecule has 1 heterocycles. The number of nitrogens with one attached hydrogen (secondary N) is 3. The van der Waals surface area contributed by atoms with Crippen molar-refractivity contribution in [2.75, 3.05) is 36.9 Å². The second kappa shape index (κ2) is 12.8. The molecule has 5 aliphatic rings. The Morgan fingerprint density at radius 1 is 1.07 bits per heavy atom. The smallest absolute Gasteiger partial charge is 0.224 e. The first kappa shape index (κ1) is 28.7. The third-order valence-electron chi connectivity index (χ3n) is 10.2. The Hall–Kier alpha value is -2.44. The average molecular weight is 579 g/mol. The van der Waals surface area contributed by atoms with Gasteiger partial charge in [-0.2, -0.15) is 10.2 Å². The lowest BCUT2D eigenvalue weighted by molar-refractivity contribution is -0.0708. The number of aliphatic hydroxyl groups is 1. The number of rotatable bonds is 12. The third kappa shape index (κ3) is 6.64. The van der Waals surface area contributed by atoms with Crippen LogP contribution in [0.4, 0.5) is 11.8 Å². The topological polar surface area (TPSA) is 115 Å². The van der Waals surface area contributed by atoms with E-state index in [-0.39, 0.29) is 12.0 Å². The van der Waals surface area contributed by atoms with E-state index in [2.05, 4.69) is 27.0 Å². The number of aromatic nitrogens is 2. The lowest BCUT2D eigenvalue weighted by atomic mass is 9.48. The lowest BCUT2D eigenvalue weighted by Crippen LogP contribution is -2.60. The minimum Gasteiger partial charge on any atom is -0.394 e. The van der Waals surface area contributed by atoms with E-state index in [4.69, 9.17) is 26.4 Å². The van der Waals surface area contributed by atoms with Crippen LogP contribution in [0.25, 0.3) is 0 Å². The van der Waals surface area contributed by atoms with Crippen molar-refractivity contribution in [3.05, 3.63) is 46.6 Å². The predicted octanol–water partition coefficient (Wildman–Crippen LogP) is 5.38. The zero-order valence-electron chi connectivity index (χ0n) is 23.8. The summed E-state index contributed by atoms with van der Waals surface area (Å²) in [6.45, 7) is 3.08. The Morgan fingerprint density at radius 3 is 2.59 bits per heavy atom. The summed E-state index contributed by atoms with van der Waals surface area (Å²) in [5.41, 5.74) is 1.74. The normalized spacial score (nSPS) is 32.0. The number of ether oxygens (including phenoxy) is 1.